The molecular formula is C61H107NO18. The monoisotopic (exact) mass is 1140 g/mol. The highest BCUT2D eigenvalue weighted by Gasteiger charge is 2.53. The van der Waals surface area contributed by atoms with Gasteiger partial charge in [-0.2, -0.15) is 0 Å². The number of hydrogen-bond donors (Lipinski definition) is 12. The maximum Gasteiger partial charge on any atom is 0.220 e. The maximum atomic E-state index is 13.3. The van der Waals surface area contributed by atoms with Gasteiger partial charge in [0.05, 0.1) is 38.6 Å². The van der Waals surface area contributed by atoms with Crippen molar-refractivity contribution in [1.82, 2.24) is 5.32 Å². The summed E-state index contributed by atoms with van der Waals surface area (Å²) < 4.78 is 34.3. The normalized spacial score (nSPS) is 30.4. The van der Waals surface area contributed by atoms with Crippen LogP contribution in [0.2, 0.25) is 0 Å². The minimum absolute atomic E-state index is 0.241. The molecule has 3 heterocycles. The standard InChI is InChI=1S/C61H107NO18/c1-3-5-7-9-11-13-15-17-19-20-21-22-23-24-25-27-29-31-33-35-37-39-49(67)62-44(45(66)38-36-34-32-30-28-26-18-16-14-12-10-8-6-4-2)43-75-59-55(73)52(70)57(47(41-64)77-59)80-61-56(74)53(71)58(48(42-65)78-61)79-60-54(72)51(69)50(68)46(40-63)76-60/h5,7,11,13,17,19,21-22,24-25,44-48,50-61,63-66,68-74H,3-4,6,8-10,12,14-16,18,20,23,26-43H2,1-2H3,(H,62,67)/b7-5-,13-11-,19-17-,22-21-,25-24-. The van der Waals surface area contributed by atoms with Gasteiger partial charge in [-0.05, 0) is 57.8 Å². The lowest BCUT2D eigenvalue weighted by Crippen LogP contribution is -2.66. The van der Waals surface area contributed by atoms with E-state index in [9.17, 15) is 61.0 Å². The Morgan fingerprint density at radius 3 is 1.35 bits per heavy atom. The van der Waals surface area contributed by atoms with Gasteiger partial charge < -0.3 is 89.9 Å². The van der Waals surface area contributed by atoms with Gasteiger partial charge in [-0.3, -0.25) is 4.79 Å². The summed E-state index contributed by atoms with van der Waals surface area (Å²) in [6.45, 7) is 1.64. The lowest BCUT2D eigenvalue weighted by atomic mass is 9.96. The van der Waals surface area contributed by atoms with Gasteiger partial charge >= 0.3 is 0 Å². The van der Waals surface area contributed by atoms with Crippen molar-refractivity contribution in [1.29, 1.82) is 0 Å². The molecule has 0 radical (unpaired) electrons. The molecule has 17 unspecified atom stereocenters. The Bertz CT molecular complexity index is 1700. The van der Waals surface area contributed by atoms with Crippen LogP contribution in [0, 0.1) is 0 Å². The number of unbranched alkanes of at least 4 members (excludes halogenated alkanes) is 18. The van der Waals surface area contributed by atoms with Crippen molar-refractivity contribution in [2.45, 2.75) is 291 Å². The Morgan fingerprint density at radius 1 is 0.463 bits per heavy atom. The van der Waals surface area contributed by atoms with Crippen LogP contribution in [-0.4, -0.2) is 193 Å². The third-order valence-electron chi connectivity index (χ3n) is 15.1. The first-order valence-corrected chi connectivity index (χ1v) is 30.5. The average Bonchev–Trinajstić information content (AvgIpc) is 3.45. The van der Waals surface area contributed by atoms with Crippen molar-refractivity contribution in [2.24, 2.45) is 0 Å². The van der Waals surface area contributed by atoms with Gasteiger partial charge in [-0.25, -0.2) is 0 Å². The van der Waals surface area contributed by atoms with E-state index in [1.165, 1.54) is 64.2 Å². The smallest absolute Gasteiger partial charge is 0.220 e. The molecule has 19 nitrogen and oxygen atoms in total. The zero-order valence-corrected chi connectivity index (χ0v) is 48.3. The van der Waals surface area contributed by atoms with Crippen molar-refractivity contribution in [3.8, 4) is 0 Å². The summed E-state index contributed by atoms with van der Waals surface area (Å²) in [5.74, 6) is -0.264. The van der Waals surface area contributed by atoms with Gasteiger partial charge in [0.2, 0.25) is 5.91 Å². The van der Waals surface area contributed by atoms with Crippen LogP contribution in [0.15, 0.2) is 60.8 Å². The second-order valence-corrected chi connectivity index (χ2v) is 21.8. The first-order chi connectivity index (χ1) is 38.8. The van der Waals surface area contributed by atoms with E-state index in [1.54, 1.807) is 0 Å². The first-order valence-electron chi connectivity index (χ1n) is 30.5. The number of aliphatic hydroxyl groups excluding tert-OH is 11. The van der Waals surface area contributed by atoms with Gasteiger partial charge in [0.25, 0.3) is 0 Å². The lowest BCUT2D eigenvalue weighted by molar-refractivity contribution is -0.379. The molecule has 12 N–H and O–H groups in total. The van der Waals surface area contributed by atoms with Crippen LogP contribution < -0.4 is 5.32 Å². The third-order valence-corrected chi connectivity index (χ3v) is 15.1. The van der Waals surface area contributed by atoms with Gasteiger partial charge in [0.1, 0.15) is 73.2 Å². The van der Waals surface area contributed by atoms with Gasteiger partial charge in [0, 0.05) is 6.42 Å². The predicted molar refractivity (Wildman–Crippen MR) is 305 cm³/mol. The van der Waals surface area contributed by atoms with Crippen molar-refractivity contribution in [2.75, 3.05) is 26.4 Å². The summed E-state index contributed by atoms with van der Waals surface area (Å²) in [4.78, 5) is 13.3. The summed E-state index contributed by atoms with van der Waals surface area (Å²) in [6, 6.07) is -0.900. The highest BCUT2D eigenvalue weighted by Crippen LogP contribution is 2.33. The Morgan fingerprint density at radius 2 is 0.863 bits per heavy atom. The molecule has 80 heavy (non-hydrogen) atoms. The quantitative estimate of drug-likeness (QED) is 0.0259. The number of rotatable bonds is 44. The largest absolute Gasteiger partial charge is 0.394 e. The van der Waals surface area contributed by atoms with E-state index in [1.807, 2.05) is 0 Å². The SMILES string of the molecule is CC/C=C\C/C=C\C/C=C\C/C=C\C/C=C\CCCCCCCC(=O)NC(COC1OC(CO)C(OC2OC(CO)C(OC3OC(CO)C(O)C(O)C3O)C(O)C2O)C(O)C1O)C(O)CCCCCCCCCCCCCCCC. The van der Waals surface area contributed by atoms with Crippen LogP contribution in [0.1, 0.15) is 187 Å². The van der Waals surface area contributed by atoms with E-state index in [0.29, 0.717) is 12.8 Å². The Balaban J connectivity index is 1.49. The maximum absolute atomic E-state index is 13.3. The van der Waals surface area contributed by atoms with Crippen molar-refractivity contribution in [3.05, 3.63) is 60.8 Å². The molecule has 0 bridgehead atoms. The zero-order valence-electron chi connectivity index (χ0n) is 48.3. The number of aliphatic hydroxyl groups is 11. The van der Waals surface area contributed by atoms with E-state index in [4.69, 9.17) is 28.4 Å². The molecule has 464 valence electrons. The summed E-state index contributed by atoms with van der Waals surface area (Å²) in [7, 11) is 0. The molecule has 0 saturated carbocycles. The van der Waals surface area contributed by atoms with E-state index in [2.05, 4.69) is 79.9 Å². The molecule has 0 spiro atoms. The average molecular weight is 1140 g/mol. The number of nitrogens with one attached hydrogen (secondary N) is 1. The van der Waals surface area contributed by atoms with Crippen LogP contribution in [0.25, 0.3) is 0 Å². The van der Waals surface area contributed by atoms with Gasteiger partial charge in [-0.15, -0.1) is 0 Å². The second-order valence-electron chi connectivity index (χ2n) is 21.8. The molecule has 3 rings (SSSR count). The molecule has 3 saturated heterocycles. The number of hydrogen-bond acceptors (Lipinski definition) is 18. The van der Waals surface area contributed by atoms with E-state index < -0.39 is 124 Å². The van der Waals surface area contributed by atoms with Gasteiger partial charge in [0.15, 0.2) is 18.9 Å². The summed E-state index contributed by atoms with van der Waals surface area (Å²) in [5.41, 5.74) is 0. The van der Waals surface area contributed by atoms with Crippen LogP contribution in [-0.2, 0) is 33.2 Å². The lowest BCUT2D eigenvalue weighted by Gasteiger charge is -2.48. The van der Waals surface area contributed by atoms with Crippen LogP contribution in [0.3, 0.4) is 0 Å². The predicted octanol–water partition coefficient (Wildman–Crippen LogP) is 5.65. The van der Waals surface area contributed by atoms with Gasteiger partial charge in [-0.1, -0.05) is 184 Å². The fourth-order valence-corrected chi connectivity index (χ4v) is 10.1. The topological polar surface area (TPSA) is 307 Å². The summed E-state index contributed by atoms with van der Waals surface area (Å²) in [6.07, 6.45) is 23.0. The Hall–Kier alpha value is -2.51. The zero-order chi connectivity index (χ0) is 58.3. The van der Waals surface area contributed by atoms with Crippen LogP contribution in [0.4, 0.5) is 0 Å². The highest BCUT2D eigenvalue weighted by molar-refractivity contribution is 5.76. The van der Waals surface area contributed by atoms with Crippen LogP contribution >= 0.6 is 0 Å². The molecule has 0 aromatic heterocycles. The molecular weight excluding hydrogens is 1030 g/mol. The molecule has 17 atom stereocenters. The minimum atomic E-state index is -1.98. The second kappa shape index (κ2) is 44.0. The van der Waals surface area contributed by atoms with Crippen molar-refractivity contribution < 1.29 is 89.4 Å². The number of carbonyl (C=O) groups is 1. The fourth-order valence-electron chi connectivity index (χ4n) is 10.1. The molecule has 19 heteroatoms. The van der Waals surface area contributed by atoms with E-state index in [0.717, 1.165) is 89.9 Å². The fraction of sp³-hybridized carbons (Fsp3) is 0.820. The third kappa shape index (κ3) is 27.5. The van der Waals surface area contributed by atoms with E-state index >= 15 is 0 Å². The molecule has 0 aromatic carbocycles. The molecule has 3 aliphatic heterocycles. The highest BCUT2D eigenvalue weighted by atomic mass is 16.8. The number of ether oxygens (including phenoxy) is 6. The van der Waals surface area contributed by atoms with Crippen molar-refractivity contribution >= 4 is 5.91 Å². The van der Waals surface area contributed by atoms with E-state index in [-0.39, 0.29) is 18.9 Å². The number of amides is 1. The Labute approximate surface area is 477 Å². The number of carbonyl (C=O) groups excluding carboxylic acids is 1. The number of allylic oxidation sites excluding steroid dienone is 10. The minimum Gasteiger partial charge on any atom is -0.394 e. The van der Waals surface area contributed by atoms with Crippen molar-refractivity contribution in [3.63, 3.8) is 0 Å². The molecule has 3 aliphatic rings. The first kappa shape index (κ1) is 71.8. The Kier molecular flexibility index (Phi) is 39.5. The molecule has 0 aliphatic carbocycles. The molecule has 0 aromatic rings. The van der Waals surface area contributed by atoms with Crippen LogP contribution in [0.5, 0.6) is 0 Å². The molecule has 1 amide bonds. The molecule has 3 fully saturated rings. The summed E-state index contributed by atoms with van der Waals surface area (Å²) >= 11 is 0. The summed E-state index contributed by atoms with van der Waals surface area (Å²) in [5, 5.41) is 120.